The van der Waals surface area contributed by atoms with E-state index in [4.69, 9.17) is 18.9 Å². The minimum atomic E-state index is -1.19. The van der Waals surface area contributed by atoms with Gasteiger partial charge in [0.15, 0.2) is 17.6 Å². The molecule has 0 unspecified atom stereocenters. The van der Waals surface area contributed by atoms with Crippen LogP contribution in [0.3, 0.4) is 0 Å². The number of carbonyl (C=O) groups is 4. The average Bonchev–Trinajstić information content (AvgIpc) is 2.50. The van der Waals surface area contributed by atoms with Crippen LogP contribution in [0, 0.1) is 4.91 Å². The molecular weight excluding hydrogens is 372 g/mol. The Labute approximate surface area is 153 Å². The van der Waals surface area contributed by atoms with Crippen LogP contribution < -0.4 is 5.32 Å². The molecule has 1 heterocycles. The Hall–Kier alpha value is -2.21. The molecule has 1 rings (SSSR count). The first-order valence-corrected chi connectivity index (χ1v) is 8.38. The summed E-state index contributed by atoms with van der Waals surface area (Å²) in [6, 6.07) is -1.03. The summed E-state index contributed by atoms with van der Waals surface area (Å²) in [4.78, 5) is 56.3. The Morgan fingerprint density at radius 2 is 1.58 bits per heavy atom. The highest BCUT2D eigenvalue weighted by atomic mass is 32.2. The van der Waals surface area contributed by atoms with Gasteiger partial charge in [0.25, 0.3) is 0 Å². The van der Waals surface area contributed by atoms with Gasteiger partial charge in [-0.05, 0) is 0 Å². The maximum Gasteiger partial charge on any atom is 0.303 e. The standard InChI is InChI=1S/C14H20N2O9S/c1-6(17)15-11-13(24-9(4)20)12(23-8(3)19)10(5-22-7(2)18)25-14(11)26-16-21/h10-14H,5H2,1-4H3,(H,15,17)/t10-,11-,12-,13-,14+/m1/s1. The first-order chi connectivity index (χ1) is 12.1. The van der Waals surface area contributed by atoms with Crippen LogP contribution in [-0.2, 0) is 38.1 Å². The molecule has 146 valence electrons. The van der Waals surface area contributed by atoms with Crippen molar-refractivity contribution in [3.8, 4) is 0 Å². The fourth-order valence-corrected chi connectivity index (χ4v) is 3.05. The zero-order chi connectivity index (χ0) is 19.9. The molecule has 1 aliphatic rings. The number of nitroso groups, excluding NO2 is 1. The second kappa shape index (κ2) is 10.1. The molecule has 0 saturated carbocycles. The van der Waals surface area contributed by atoms with Crippen LogP contribution >= 0.6 is 11.9 Å². The van der Waals surface area contributed by atoms with Crippen LogP contribution in [0.2, 0.25) is 0 Å². The van der Waals surface area contributed by atoms with Gasteiger partial charge in [-0.2, -0.15) is 0 Å². The van der Waals surface area contributed by atoms with Gasteiger partial charge in [0.05, 0.1) is 11.9 Å². The second-order valence-electron chi connectivity index (χ2n) is 5.40. The van der Waals surface area contributed by atoms with Gasteiger partial charge in [0, 0.05) is 32.3 Å². The maximum atomic E-state index is 11.5. The van der Waals surface area contributed by atoms with Gasteiger partial charge < -0.3 is 24.3 Å². The van der Waals surface area contributed by atoms with Crippen molar-refractivity contribution in [2.75, 3.05) is 6.61 Å². The molecular formula is C14H20N2O9S. The summed E-state index contributed by atoms with van der Waals surface area (Å²) < 4.78 is 23.6. The number of nitrogens with one attached hydrogen (secondary N) is 1. The average molecular weight is 392 g/mol. The highest BCUT2D eigenvalue weighted by Gasteiger charge is 2.51. The van der Waals surface area contributed by atoms with Crippen molar-refractivity contribution < 1.29 is 38.1 Å². The second-order valence-corrected chi connectivity index (χ2v) is 6.22. The number of carbonyl (C=O) groups excluding carboxylic acids is 4. The molecule has 1 fully saturated rings. The fourth-order valence-electron chi connectivity index (χ4n) is 2.42. The van der Waals surface area contributed by atoms with Crippen LogP contribution in [-0.4, -0.2) is 60.2 Å². The normalized spacial score (nSPS) is 27.8. The molecule has 11 nitrogen and oxygen atoms in total. The zero-order valence-electron chi connectivity index (χ0n) is 14.6. The summed E-state index contributed by atoms with van der Waals surface area (Å²) >= 11 is 0.452. The Bertz CT molecular complexity index is 571. The smallest absolute Gasteiger partial charge is 0.303 e. The van der Waals surface area contributed by atoms with E-state index in [2.05, 4.69) is 9.90 Å². The van der Waals surface area contributed by atoms with E-state index in [0.29, 0.717) is 11.9 Å². The SMILES string of the molecule is CC(=O)N[C@@H]1[C@@H](OC(C)=O)[C@H](OC(C)=O)[C@@H](COC(C)=O)O[C@H]1SN=O. The van der Waals surface area contributed by atoms with E-state index < -0.39 is 53.6 Å². The third kappa shape index (κ3) is 6.59. The third-order valence-corrected chi connectivity index (χ3v) is 3.92. The predicted octanol–water partition coefficient (Wildman–Crippen LogP) is 0.0571. The summed E-state index contributed by atoms with van der Waals surface area (Å²) in [5, 5.41) is 2.50. The molecule has 0 aromatic carbocycles. The molecule has 0 aromatic rings. The topological polar surface area (TPSA) is 147 Å². The number of hydrogen-bond donors (Lipinski definition) is 1. The third-order valence-electron chi connectivity index (χ3n) is 3.22. The van der Waals surface area contributed by atoms with Crippen LogP contribution in [0.4, 0.5) is 0 Å². The molecule has 1 aliphatic heterocycles. The van der Waals surface area contributed by atoms with Crippen LogP contribution in [0.25, 0.3) is 0 Å². The summed E-state index contributed by atoms with van der Waals surface area (Å²) in [5.41, 5.74) is -1.06. The van der Waals surface area contributed by atoms with Crippen molar-refractivity contribution >= 4 is 35.8 Å². The summed E-state index contributed by atoms with van der Waals surface area (Å²) in [6.07, 6.45) is -3.42. The Morgan fingerprint density at radius 3 is 2.04 bits per heavy atom. The highest BCUT2D eigenvalue weighted by Crippen LogP contribution is 2.32. The Kier molecular flexibility index (Phi) is 8.45. The van der Waals surface area contributed by atoms with E-state index in [0.717, 1.165) is 13.8 Å². The molecule has 1 amide bonds. The van der Waals surface area contributed by atoms with E-state index in [9.17, 15) is 24.1 Å². The van der Waals surface area contributed by atoms with Gasteiger partial charge in [-0.15, -0.1) is 4.91 Å². The van der Waals surface area contributed by atoms with Gasteiger partial charge in [-0.25, -0.2) is 0 Å². The number of hydrogen-bond acceptors (Lipinski definition) is 11. The van der Waals surface area contributed by atoms with Crippen molar-refractivity contribution in [1.82, 2.24) is 5.32 Å². The lowest BCUT2D eigenvalue weighted by atomic mass is 9.97. The maximum absolute atomic E-state index is 11.5. The van der Waals surface area contributed by atoms with Crippen molar-refractivity contribution in [2.45, 2.75) is 57.5 Å². The first-order valence-electron chi connectivity index (χ1n) is 7.54. The summed E-state index contributed by atoms with van der Waals surface area (Å²) in [7, 11) is 0. The molecule has 0 aliphatic carbocycles. The zero-order valence-corrected chi connectivity index (χ0v) is 15.4. The fraction of sp³-hybridized carbons (Fsp3) is 0.714. The molecule has 0 radical (unpaired) electrons. The minimum Gasteiger partial charge on any atom is -0.463 e. The van der Waals surface area contributed by atoms with E-state index in [-0.39, 0.29) is 6.61 Å². The van der Waals surface area contributed by atoms with Gasteiger partial charge in [-0.3, -0.25) is 19.2 Å². The highest BCUT2D eigenvalue weighted by molar-refractivity contribution is 7.98. The predicted molar refractivity (Wildman–Crippen MR) is 87.4 cm³/mol. The lowest BCUT2D eigenvalue weighted by Gasteiger charge is -2.44. The minimum absolute atomic E-state index is 0.326. The summed E-state index contributed by atoms with van der Waals surface area (Å²) in [5.74, 6) is -2.52. The molecule has 5 atom stereocenters. The number of ether oxygens (including phenoxy) is 4. The molecule has 0 bridgehead atoms. The molecule has 1 saturated heterocycles. The lowest BCUT2D eigenvalue weighted by molar-refractivity contribution is -0.211. The quantitative estimate of drug-likeness (QED) is 0.273. The van der Waals surface area contributed by atoms with E-state index in [1.165, 1.54) is 13.8 Å². The van der Waals surface area contributed by atoms with Crippen LogP contribution in [0.5, 0.6) is 0 Å². The molecule has 0 aromatic heterocycles. The van der Waals surface area contributed by atoms with Crippen LogP contribution in [0.1, 0.15) is 27.7 Å². The van der Waals surface area contributed by atoms with E-state index in [1.54, 1.807) is 0 Å². The monoisotopic (exact) mass is 392 g/mol. The van der Waals surface area contributed by atoms with Crippen LogP contribution in [0.15, 0.2) is 4.58 Å². The molecule has 12 heteroatoms. The molecule has 26 heavy (non-hydrogen) atoms. The van der Waals surface area contributed by atoms with Crippen molar-refractivity contribution in [2.24, 2.45) is 4.58 Å². The van der Waals surface area contributed by atoms with Crippen molar-refractivity contribution in [1.29, 1.82) is 0 Å². The molecule has 0 spiro atoms. The van der Waals surface area contributed by atoms with Gasteiger partial charge in [-0.1, -0.05) is 0 Å². The van der Waals surface area contributed by atoms with E-state index >= 15 is 0 Å². The van der Waals surface area contributed by atoms with Crippen molar-refractivity contribution in [3.63, 3.8) is 0 Å². The van der Waals surface area contributed by atoms with Gasteiger partial charge >= 0.3 is 17.9 Å². The summed E-state index contributed by atoms with van der Waals surface area (Å²) in [6.45, 7) is 4.33. The number of amides is 1. The number of nitrogens with zero attached hydrogens (tertiary/aromatic N) is 1. The van der Waals surface area contributed by atoms with E-state index in [1.807, 2.05) is 0 Å². The molecule has 1 N–H and O–H groups in total. The first kappa shape index (κ1) is 21.8. The largest absolute Gasteiger partial charge is 0.463 e. The van der Waals surface area contributed by atoms with Gasteiger partial charge in [0.1, 0.15) is 18.8 Å². The van der Waals surface area contributed by atoms with Gasteiger partial charge in [0.2, 0.25) is 5.91 Å². The number of rotatable bonds is 7. The Balaban J connectivity index is 3.24. The number of esters is 3. The van der Waals surface area contributed by atoms with Crippen molar-refractivity contribution in [3.05, 3.63) is 4.91 Å². The Morgan fingerprint density at radius 1 is 1.00 bits per heavy atom. The lowest BCUT2D eigenvalue weighted by Crippen LogP contribution is -2.65.